The largest absolute Gasteiger partial charge is 0.389 e. The zero-order valence-corrected chi connectivity index (χ0v) is 9.37. The molecule has 1 atom stereocenters. The highest BCUT2D eigenvalue weighted by Crippen LogP contribution is 2.10. The Morgan fingerprint density at radius 3 is 2.69 bits per heavy atom. The Kier molecular flexibility index (Phi) is 3.37. The van der Waals surface area contributed by atoms with Gasteiger partial charge in [-0.3, -0.25) is 4.68 Å². The van der Waals surface area contributed by atoms with Crippen LogP contribution in [-0.4, -0.2) is 14.9 Å². The minimum atomic E-state index is -0.439. The maximum Gasteiger partial charge on any atom is 0.0792 e. The van der Waals surface area contributed by atoms with Crippen LogP contribution in [-0.2, 0) is 13.0 Å². The van der Waals surface area contributed by atoms with Crippen molar-refractivity contribution in [3.63, 3.8) is 0 Å². The van der Waals surface area contributed by atoms with Crippen molar-refractivity contribution in [2.75, 3.05) is 0 Å². The maximum absolute atomic E-state index is 9.37. The zero-order valence-electron chi connectivity index (χ0n) is 9.37. The Bertz CT molecular complexity index is 434. The molecule has 1 aromatic heterocycles. The molecule has 2 aromatic rings. The molecule has 0 aliphatic heterocycles. The molecule has 1 aromatic carbocycles. The number of benzene rings is 1. The van der Waals surface area contributed by atoms with E-state index in [1.807, 2.05) is 29.1 Å². The smallest absolute Gasteiger partial charge is 0.0792 e. The normalized spacial score (nSPS) is 12.6. The third-order valence-corrected chi connectivity index (χ3v) is 2.61. The number of aliphatic hydroxyl groups is 1. The van der Waals surface area contributed by atoms with E-state index in [0.717, 1.165) is 18.5 Å². The van der Waals surface area contributed by atoms with E-state index in [9.17, 15) is 5.11 Å². The molecule has 1 unspecified atom stereocenters. The van der Waals surface area contributed by atoms with Crippen molar-refractivity contribution in [1.82, 2.24) is 9.78 Å². The number of nitrogens with zero attached hydrogens (tertiary/aromatic N) is 2. The first-order valence-corrected chi connectivity index (χ1v) is 5.50. The molecule has 16 heavy (non-hydrogen) atoms. The first kappa shape index (κ1) is 10.9. The van der Waals surface area contributed by atoms with Crippen LogP contribution in [0.5, 0.6) is 0 Å². The fourth-order valence-electron chi connectivity index (χ4n) is 1.61. The van der Waals surface area contributed by atoms with E-state index in [4.69, 9.17) is 0 Å². The summed E-state index contributed by atoms with van der Waals surface area (Å²) in [6, 6.07) is 10.3. The Labute approximate surface area is 95.3 Å². The van der Waals surface area contributed by atoms with Crippen LogP contribution in [0.3, 0.4) is 0 Å². The van der Waals surface area contributed by atoms with Gasteiger partial charge in [0.05, 0.1) is 12.3 Å². The predicted octanol–water partition coefficient (Wildman–Crippen LogP) is 2.18. The van der Waals surface area contributed by atoms with Gasteiger partial charge in [0.15, 0.2) is 0 Å². The van der Waals surface area contributed by atoms with Crippen LogP contribution in [0.15, 0.2) is 42.7 Å². The highest BCUT2D eigenvalue weighted by Gasteiger charge is 2.03. The van der Waals surface area contributed by atoms with Crippen LogP contribution in [0.1, 0.15) is 24.2 Å². The van der Waals surface area contributed by atoms with Crippen molar-refractivity contribution >= 4 is 0 Å². The average molecular weight is 216 g/mol. The highest BCUT2D eigenvalue weighted by molar-refractivity contribution is 5.14. The summed E-state index contributed by atoms with van der Waals surface area (Å²) in [5.74, 6) is 0. The Morgan fingerprint density at radius 2 is 2.06 bits per heavy atom. The van der Waals surface area contributed by atoms with Gasteiger partial charge in [0.1, 0.15) is 0 Å². The summed E-state index contributed by atoms with van der Waals surface area (Å²) >= 11 is 0. The molecular weight excluding hydrogens is 200 g/mol. The standard InChI is InChI=1S/C13H16N2O/c1-11(16)13-9-14-15(10-13)8-7-12-5-3-2-4-6-12/h2-6,9-11,16H,7-8H2,1H3. The molecule has 3 nitrogen and oxygen atoms in total. The third kappa shape index (κ3) is 2.70. The molecule has 1 N–H and O–H groups in total. The molecule has 3 heteroatoms. The second kappa shape index (κ2) is 4.94. The fourth-order valence-corrected chi connectivity index (χ4v) is 1.61. The van der Waals surface area contributed by atoms with E-state index in [1.165, 1.54) is 5.56 Å². The zero-order chi connectivity index (χ0) is 11.4. The summed E-state index contributed by atoms with van der Waals surface area (Å²) in [4.78, 5) is 0. The maximum atomic E-state index is 9.37. The lowest BCUT2D eigenvalue weighted by Crippen LogP contribution is -2.01. The summed E-state index contributed by atoms with van der Waals surface area (Å²) in [5.41, 5.74) is 2.17. The van der Waals surface area contributed by atoms with Crippen LogP contribution >= 0.6 is 0 Å². The lowest BCUT2D eigenvalue weighted by molar-refractivity contribution is 0.199. The Hall–Kier alpha value is -1.61. The Morgan fingerprint density at radius 1 is 1.31 bits per heavy atom. The van der Waals surface area contributed by atoms with Crippen molar-refractivity contribution < 1.29 is 5.11 Å². The van der Waals surface area contributed by atoms with Crippen LogP contribution in [0.2, 0.25) is 0 Å². The highest BCUT2D eigenvalue weighted by atomic mass is 16.3. The van der Waals surface area contributed by atoms with Crippen LogP contribution < -0.4 is 0 Å². The molecule has 0 aliphatic carbocycles. The molecule has 0 amide bonds. The summed E-state index contributed by atoms with van der Waals surface area (Å²) in [5, 5.41) is 13.6. The van der Waals surface area contributed by atoms with E-state index in [1.54, 1.807) is 13.1 Å². The van der Waals surface area contributed by atoms with Gasteiger partial charge in [-0.1, -0.05) is 30.3 Å². The van der Waals surface area contributed by atoms with E-state index in [2.05, 4.69) is 17.2 Å². The van der Waals surface area contributed by atoms with Crippen LogP contribution in [0.4, 0.5) is 0 Å². The number of hydrogen-bond acceptors (Lipinski definition) is 2. The van der Waals surface area contributed by atoms with Gasteiger partial charge < -0.3 is 5.11 Å². The number of aliphatic hydroxyl groups excluding tert-OH is 1. The number of aromatic nitrogens is 2. The summed E-state index contributed by atoms with van der Waals surface area (Å²) in [7, 11) is 0. The van der Waals surface area contributed by atoms with Crippen LogP contribution in [0.25, 0.3) is 0 Å². The molecule has 0 saturated carbocycles. The molecule has 84 valence electrons. The Balaban J connectivity index is 1.95. The van der Waals surface area contributed by atoms with E-state index in [-0.39, 0.29) is 0 Å². The molecule has 0 spiro atoms. The number of hydrogen-bond donors (Lipinski definition) is 1. The number of rotatable bonds is 4. The van der Waals surface area contributed by atoms with E-state index in [0.29, 0.717) is 0 Å². The molecule has 2 rings (SSSR count). The summed E-state index contributed by atoms with van der Waals surface area (Å²) in [6.45, 7) is 2.59. The summed E-state index contributed by atoms with van der Waals surface area (Å²) in [6.07, 6.45) is 4.14. The molecule has 0 fully saturated rings. The van der Waals surface area contributed by atoms with Crippen LogP contribution in [0, 0.1) is 0 Å². The lowest BCUT2D eigenvalue weighted by atomic mass is 10.1. The van der Waals surface area contributed by atoms with Crippen molar-refractivity contribution in [3.8, 4) is 0 Å². The van der Waals surface area contributed by atoms with Gasteiger partial charge in [0.2, 0.25) is 0 Å². The second-order valence-corrected chi connectivity index (χ2v) is 3.95. The lowest BCUT2D eigenvalue weighted by Gasteiger charge is -2.02. The molecule has 1 heterocycles. The second-order valence-electron chi connectivity index (χ2n) is 3.95. The summed E-state index contributed by atoms with van der Waals surface area (Å²) < 4.78 is 1.87. The fraction of sp³-hybridized carbons (Fsp3) is 0.308. The quantitative estimate of drug-likeness (QED) is 0.850. The van der Waals surface area contributed by atoms with Crippen molar-refractivity contribution in [3.05, 3.63) is 53.9 Å². The van der Waals surface area contributed by atoms with Gasteiger partial charge in [-0.2, -0.15) is 5.10 Å². The third-order valence-electron chi connectivity index (χ3n) is 2.61. The van der Waals surface area contributed by atoms with Crippen molar-refractivity contribution in [1.29, 1.82) is 0 Å². The molecular formula is C13H16N2O. The minimum absolute atomic E-state index is 0.439. The van der Waals surface area contributed by atoms with E-state index < -0.39 is 6.10 Å². The molecule has 0 radical (unpaired) electrons. The van der Waals surface area contributed by atoms with Crippen molar-refractivity contribution in [2.45, 2.75) is 26.0 Å². The van der Waals surface area contributed by atoms with Gasteiger partial charge in [0, 0.05) is 18.3 Å². The first-order chi connectivity index (χ1) is 7.75. The number of aryl methyl sites for hydroxylation is 2. The monoisotopic (exact) mass is 216 g/mol. The van der Waals surface area contributed by atoms with Gasteiger partial charge in [-0.05, 0) is 18.9 Å². The first-order valence-electron chi connectivity index (χ1n) is 5.50. The minimum Gasteiger partial charge on any atom is -0.389 e. The molecule has 0 saturated heterocycles. The van der Waals surface area contributed by atoms with Gasteiger partial charge >= 0.3 is 0 Å². The van der Waals surface area contributed by atoms with Gasteiger partial charge in [-0.15, -0.1) is 0 Å². The van der Waals surface area contributed by atoms with Crippen molar-refractivity contribution in [2.24, 2.45) is 0 Å². The average Bonchev–Trinajstić information content (AvgIpc) is 2.76. The molecule has 0 bridgehead atoms. The molecule has 0 aliphatic rings. The predicted molar refractivity (Wildman–Crippen MR) is 63.0 cm³/mol. The van der Waals surface area contributed by atoms with E-state index >= 15 is 0 Å². The SMILES string of the molecule is CC(O)c1cnn(CCc2ccccc2)c1. The van der Waals surface area contributed by atoms with Gasteiger partial charge in [-0.25, -0.2) is 0 Å². The topological polar surface area (TPSA) is 38.1 Å². The van der Waals surface area contributed by atoms with Gasteiger partial charge in [0.25, 0.3) is 0 Å².